The summed E-state index contributed by atoms with van der Waals surface area (Å²) in [6, 6.07) is 32.5. The molecule has 4 unspecified atom stereocenters. The second-order valence-electron chi connectivity index (χ2n) is 15.4. The summed E-state index contributed by atoms with van der Waals surface area (Å²) < 4.78 is 33.1. The lowest BCUT2D eigenvalue weighted by molar-refractivity contribution is 0.106. The molecule has 4 aromatic carbocycles. The van der Waals surface area contributed by atoms with Gasteiger partial charge in [0.2, 0.25) is 0 Å². The first kappa shape index (κ1) is 65.0. The Labute approximate surface area is 393 Å². The molecule has 12 N–H and O–H groups in total. The highest BCUT2D eigenvalue weighted by molar-refractivity contribution is 5.43. The molecule has 4 aromatic rings. The molecule has 4 atom stereocenters. The number of hydrogen-bond donors (Lipinski definition) is 8. The van der Waals surface area contributed by atoms with E-state index in [4.69, 9.17) is 39.9 Å². The maximum atomic E-state index is 9.83. The van der Waals surface area contributed by atoms with Crippen LogP contribution >= 0.6 is 0 Å². The van der Waals surface area contributed by atoms with Crippen molar-refractivity contribution in [3.8, 4) is 23.0 Å². The predicted octanol–water partition coefficient (Wildman–Crippen LogP) is 6.75. The Morgan fingerprint density at radius 1 is 0.492 bits per heavy atom. The minimum absolute atomic E-state index is 0. The van der Waals surface area contributed by atoms with Gasteiger partial charge in [-0.15, -0.1) is 0 Å². The van der Waals surface area contributed by atoms with E-state index in [1.807, 2.05) is 72.8 Å². The van der Waals surface area contributed by atoms with E-state index in [2.05, 4.69) is 74.1 Å². The van der Waals surface area contributed by atoms with Crippen LogP contribution in [0.4, 0.5) is 0 Å². The molecule has 0 bridgehead atoms. The van der Waals surface area contributed by atoms with Crippen LogP contribution in [0, 0.1) is 0 Å². The average molecular weight is 915 g/mol. The Morgan fingerprint density at radius 2 is 0.723 bits per heavy atom. The van der Waals surface area contributed by atoms with Crippen LogP contribution < -0.4 is 52.5 Å². The zero-order valence-electron chi connectivity index (χ0n) is 35.0. The molecule has 0 amide bonds. The van der Waals surface area contributed by atoms with Crippen LogP contribution in [-0.2, 0) is 20.3 Å². The molecule has 6 rings (SSSR count). The topological polar surface area (TPSA) is 231 Å². The quantitative estimate of drug-likeness (QED) is 0.0301. The Hall–Kier alpha value is -4.32. The van der Waals surface area contributed by atoms with Crippen molar-refractivity contribution in [3.05, 3.63) is 119 Å². The van der Waals surface area contributed by atoms with Gasteiger partial charge in [-0.25, -0.2) is 0 Å². The lowest BCUT2D eigenvalue weighted by atomic mass is 9.78. The van der Waals surface area contributed by atoms with E-state index in [1.54, 1.807) is 0 Å². The molecule has 14 heteroatoms. The van der Waals surface area contributed by atoms with Crippen LogP contribution in [0.3, 0.4) is 0 Å². The van der Waals surface area contributed by atoms with Crippen molar-refractivity contribution in [1.29, 1.82) is 0 Å². The van der Waals surface area contributed by atoms with Gasteiger partial charge in [-0.1, -0.05) is 121 Å². The monoisotopic (exact) mass is 915 g/mol. The van der Waals surface area contributed by atoms with Gasteiger partial charge in [0.1, 0.15) is 73.8 Å². The fraction of sp³-hybridized carbons (Fsp3) is 0.529. The highest BCUT2D eigenvalue weighted by atomic mass is 16.6. The predicted molar refractivity (Wildman–Crippen MR) is 271 cm³/mol. The molecular formula is C51H90N6O8. The maximum absolute atomic E-state index is 9.83. The van der Waals surface area contributed by atoms with E-state index in [9.17, 15) is 10.2 Å². The molecule has 0 saturated carbocycles. The molecular weight excluding hydrogens is 825 g/mol. The van der Waals surface area contributed by atoms with E-state index in [-0.39, 0.29) is 87.5 Å². The van der Waals surface area contributed by atoms with Gasteiger partial charge in [-0.2, -0.15) is 0 Å². The molecule has 0 radical (unpaired) electrons. The average Bonchev–Trinajstić information content (AvgIpc) is 4.20. The van der Waals surface area contributed by atoms with E-state index in [1.165, 1.54) is 11.1 Å². The maximum Gasteiger partial charge on any atom is 0.119 e. The summed E-state index contributed by atoms with van der Waals surface area (Å²) in [5, 5.41) is 25.4. The zero-order valence-corrected chi connectivity index (χ0v) is 35.0. The largest absolute Gasteiger partial charge is 0.491 e. The van der Waals surface area contributed by atoms with Crippen molar-refractivity contribution in [3.63, 3.8) is 0 Å². The van der Waals surface area contributed by atoms with Crippen molar-refractivity contribution in [1.82, 2.24) is 10.6 Å². The first-order chi connectivity index (χ1) is 28.4. The van der Waals surface area contributed by atoms with Crippen molar-refractivity contribution in [2.24, 2.45) is 22.9 Å². The minimum atomic E-state index is -0.613. The molecule has 0 aromatic heterocycles. The van der Waals surface area contributed by atoms with Gasteiger partial charge in [-0.05, 0) is 70.8 Å². The molecule has 2 fully saturated rings. The number of nitrogens with one attached hydrogen (secondary N) is 2. The number of benzene rings is 4. The Morgan fingerprint density at radius 3 is 0.938 bits per heavy atom. The molecule has 2 aliphatic heterocycles. The van der Waals surface area contributed by atoms with Crippen molar-refractivity contribution in [2.75, 3.05) is 72.7 Å². The third-order valence-corrected chi connectivity index (χ3v) is 9.91. The number of ether oxygens (including phenoxy) is 6. The van der Waals surface area contributed by atoms with Crippen LogP contribution in [0.5, 0.6) is 23.0 Å². The number of aliphatic hydroxyl groups excluding tert-OH is 2. The summed E-state index contributed by atoms with van der Waals surface area (Å²) in [7, 11) is 0. The Balaban J connectivity index is -0.00000104. The van der Waals surface area contributed by atoms with Crippen LogP contribution in [0.25, 0.3) is 0 Å². The Bertz CT molecular complexity index is 1610. The molecule has 0 aliphatic carbocycles. The summed E-state index contributed by atoms with van der Waals surface area (Å²) >= 11 is 0. The van der Waals surface area contributed by atoms with Gasteiger partial charge in [0, 0.05) is 43.9 Å². The Kier molecular flexibility index (Phi) is 33.2. The summed E-state index contributed by atoms with van der Waals surface area (Å²) in [4.78, 5) is 0. The van der Waals surface area contributed by atoms with Crippen LogP contribution in [0.15, 0.2) is 97.1 Å². The summed E-state index contributed by atoms with van der Waals surface area (Å²) in [5.41, 5.74) is 24.4. The van der Waals surface area contributed by atoms with E-state index in [0.29, 0.717) is 51.1 Å². The van der Waals surface area contributed by atoms with Gasteiger partial charge >= 0.3 is 0 Å². The molecule has 65 heavy (non-hydrogen) atoms. The number of aliphatic hydroxyl groups is 2. The molecule has 2 saturated heterocycles. The summed E-state index contributed by atoms with van der Waals surface area (Å²) in [6.45, 7) is 13.8. The number of hydrogen-bond acceptors (Lipinski definition) is 14. The third kappa shape index (κ3) is 22.6. The van der Waals surface area contributed by atoms with E-state index < -0.39 is 12.2 Å². The van der Waals surface area contributed by atoms with Crippen molar-refractivity contribution < 1.29 is 38.6 Å². The smallest absolute Gasteiger partial charge is 0.119 e. The lowest BCUT2D eigenvalue weighted by Gasteiger charge is -2.26. The van der Waals surface area contributed by atoms with Gasteiger partial charge in [0.05, 0.1) is 13.2 Å². The molecule has 372 valence electrons. The van der Waals surface area contributed by atoms with Crippen molar-refractivity contribution in [2.45, 2.75) is 108 Å². The first-order valence-electron chi connectivity index (χ1n) is 20.1. The van der Waals surface area contributed by atoms with Gasteiger partial charge in [0.15, 0.2) is 0 Å². The minimum Gasteiger partial charge on any atom is -0.491 e. The number of epoxide rings is 2. The third-order valence-electron chi connectivity index (χ3n) is 9.91. The standard InChI is InChI=1S/C23H36N4O4.C21H24O4.CH6N2.6CH4/c1-23(2,17-3-7-21(8-4-17)30-13-19(28)11-26-15-24)18-5-9-22(10-6-18)31-14-20(29)12-27-16-25;1-21(2,15-3-7-17(8-4-15)22-11-19-13-24-19)16-5-9-18(10-6-16)23-12-20-14-25-20;2-1-3;;;;;;/h3-10,19-20,26-29H,11-16,24-25H2,1-2H3;3-10,19-20H,11-14H2,1-2H3;1-3H2;6*1H4. The normalized spacial score (nSPS) is 15.1. The highest BCUT2D eigenvalue weighted by Crippen LogP contribution is 2.35. The fourth-order valence-corrected chi connectivity index (χ4v) is 5.91. The highest BCUT2D eigenvalue weighted by Gasteiger charge is 2.26. The lowest BCUT2D eigenvalue weighted by Crippen LogP contribution is -2.34. The van der Waals surface area contributed by atoms with Crippen LogP contribution in [0.2, 0.25) is 0 Å². The van der Waals surface area contributed by atoms with E-state index >= 15 is 0 Å². The van der Waals surface area contributed by atoms with Crippen molar-refractivity contribution >= 4 is 0 Å². The summed E-state index contributed by atoms with van der Waals surface area (Å²) in [6.07, 6.45) is -0.663. The second kappa shape index (κ2) is 33.2. The van der Waals surface area contributed by atoms with Gasteiger partial charge in [-0.3, -0.25) is 0 Å². The number of nitrogens with two attached hydrogens (primary N) is 4. The zero-order chi connectivity index (χ0) is 42.7. The number of rotatable bonds is 22. The van der Waals surface area contributed by atoms with Crippen LogP contribution in [-0.4, -0.2) is 107 Å². The first-order valence-corrected chi connectivity index (χ1v) is 20.1. The molecule has 2 heterocycles. The summed E-state index contributed by atoms with van der Waals surface area (Å²) in [5.74, 6) is 3.19. The van der Waals surface area contributed by atoms with Gasteiger partial charge in [0.25, 0.3) is 0 Å². The van der Waals surface area contributed by atoms with Crippen LogP contribution in [0.1, 0.15) is 94.5 Å². The second-order valence-corrected chi connectivity index (χ2v) is 15.4. The molecule has 14 nitrogen and oxygen atoms in total. The van der Waals surface area contributed by atoms with Gasteiger partial charge < -0.3 is 72.2 Å². The molecule has 2 aliphatic rings. The fourth-order valence-electron chi connectivity index (χ4n) is 5.91. The molecule has 0 spiro atoms. The van der Waals surface area contributed by atoms with E-state index in [0.717, 1.165) is 35.8 Å². The SMILES string of the molecule is C.C.C.C.C.C.CC(C)(c1ccc(OCC(O)CNCN)cc1)c1ccc(OCC(O)CNCN)cc1.CC(C)(c1ccc(OCC2CO2)cc1)c1ccc(OCC2CO2)cc1.NCN.